The summed E-state index contributed by atoms with van der Waals surface area (Å²) < 4.78 is 7.19. The fourth-order valence-electron chi connectivity index (χ4n) is 2.26. The van der Waals surface area contributed by atoms with Gasteiger partial charge in [-0.2, -0.15) is 9.97 Å². The first-order valence-corrected chi connectivity index (χ1v) is 6.05. The number of hydrogen-bond acceptors (Lipinski definition) is 9. The average Bonchev–Trinajstić information content (AvgIpc) is 3.01. The highest BCUT2D eigenvalue weighted by molar-refractivity contribution is 5.82. The predicted molar refractivity (Wildman–Crippen MR) is 69.2 cm³/mol. The zero-order valence-electron chi connectivity index (χ0n) is 10.5. The third-order valence-corrected chi connectivity index (χ3v) is 3.27. The Kier molecular flexibility index (Phi) is 3.14. The van der Waals surface area contributed by atoms with E-state index in [0.29, 0.717) is 17.6 Å². The van der Waals surface area contributed by atoms with Crippen LogP contribution < -0.4 is 17.0 Å². The van der Waals surface area contributed by atoms with Crippen molar-refractivity contribution in [1.29, 1.82) is 0 Å². The monoisotopic (exact) mass is 281 g/mol. The topological polar surface area (TPSA) is 157 Å². The van der Waals surface area contributed by atoms with Gasteiger partial charge in [0.1, 0.15) is 17.8 Å². The van der Waals surface area contributed by atoms with Crippen LogP contribution in [0.3, 0.4) is 0 Å². The van der Waals surface area contributed by atoms with Crippen LogP contribution in [0, 0.1) is 0 Å². The van der Waals surface area contributed by atoms with Gasteiger partial charge in [0.2, 0.25) is 5.95 Å². The normalized spacial score (nSPS) is 26.2. The summed E-state index contributed by atoms with van der Waals surface area (Å²) in [4.78, 5) is 12.2. The van der Waals surface area contributed by atoms with Crippen LogP contribution in [0.5, 0.6) is 0 Å². The Balaban J connectivity index is 2.02. The summed E-state index contributed by atoms with van der Waals surface area (Å²) in [6, 6.07) is 0. The number of aliphatic hydroxyl groups is 2. The molecule has 2 aromatic rings. The molecule has 7 N–H and O–H groups in total. The van der Waals surface area contributed by atoms with Crippen LogP contribution in [-0.2, 0) is 4.74 Å². The minimum atomic E-state index is -0.742. The Labute approximate surface area is 113 Å². The molecule has 1 saturated heterocycles. The van der Waals surface area contributed by atoms with Gasteiger partial charge in [0, 0.05) is 6.42 Å². The van der Waals surface area contributed by atoms with E-state index in [9.17, 15) is 5.11 Å². The molecule has 0 aromatic carbocycles. The second-order valence-electron chi connectivity index (χ2n) is 4.52. The third kappa shape index (κ3) is 1.94. The lowest BCUT2D eigenvalue weighted by Crippen LogP contribution is -2.24. The Morgan fingerprint density at radius 3 is 2.95 bits per heavy atom. The van der Waals surface area contributed by atoms with E-state index in [4.69, 9.17) is 21.4 Å². The zero-order chi connectivity index (χ0) is 14.3. The molecule has 10 heteroatoms. The average molecular weight is 281 g/mol. The van der Waals surface area contributed by atoms with Crippen molar-refractivity contribution in [2.24, 2.45) is 5.84 Å². The SMILES string of the molecule is NNc1nc(N)c2ncn([C@H]3C[C@H](O)[C@@H](CO)O3)c2n1. The fourth-order valence-corrected chi connectivity index (χ4v) is 2.26. The quantitative estimate of drug-likeness (QED) is 0.328. The van der Waals surface area contributed by atoms with Gasteiger partial charge in [0.05, 0.1) is 19.0 Å². The van der Waals surface area contributed by atoms with Gasteiger partial charge in [-0.15, -0.1) is 0 Å². The van der Waals surface area contributed by atoms with Crippen molar-refractivity contribution in [3.05, 3.63) is 6.33 Å². The predicted octanol–water partition coefficient (Wildman–Crippen LogP) is -1.67. The lowest BCUT2D eigenvalue weighted by atomic mass is 10.2. The molecule has 2 aromatic heterocycles. The molecule has 108 valence electrons. The lowest BCUT2D eigenvalue weighted by molar-refractivity contribution is -0.0432. The lowest BCUT2D eigenvalue weighted by Gasteiger charge is -2.13. The highest BCUT2D eigenvalue weighted by atomic mass is 16.5. The molecule has 0 aliphatic carbocycles. The first-order valence-electron chi connectivity index (χ1n) is 6.05. The van der Waals surface area contributed by atoms with E-state index in [0.717, 1.165) is 0 Å². The molecule has 20 heavy (non-hydrogen) atoms. The van der Waals surface area contributed by atoms with Gasteiger partial charge in [-0.3, -0.25) is 9.99 Å². The van der Waals surface area contributed by atoms with Gasteiger partial charge in [-0.1, -0.05) is 0 Å². The van der Waals surface area contributed by atoms with E-state index in [-0.39, 0.29) is 18.4 Å². The first kappa shape index (κ1) is 13.0. The number of nitrogens with zero attached hydrogens (tertiary/aromatic N) is 4. The highest BCUT2D eigenvalue weighted by Gasteiger charge is 2.35. The fraction of sp³-hybridized carbons (Fsp3) is 0.500. The van der Waals surface area contributed by atoms with Crippen molar-refractivity contribution in [2.45, 2.75) is 24.9 Å². The Morgan fingerprint density at radius 2 is 2.30 bits per heavy atom. The minimum absolute atomic E-state index is 0.161. The highest BCUT2D eigenvalue weighted by Crippen LogP contribution is 2.31. The molecule has 0 bridgehead atoms. The maximum absolute atomic E-state index is 9.78. The number of aliphatic hydroxyl groups excluding tert-OH is 2. The molecule has 3 atom stereocenters. The van der Waals surface area contributed by atoms with Crippen LogP contribution in [-0.4, -0.2) is 48.5 Å². The van der Waals surface area contributed by atoms with E-state index in [1.165, 1.54) is 6.33 Å². The number of aromatic nitrogens is 4. The summed E-state index contributed by atoms with van der Waals surface area (Å²) in [7, 11) is 0. The van der Waals surface area contributed by atoms with E-state index in [1.807, 2.05) is 0 Å². The number of hydrogen-bond donors (Lipinski definition) is 5. The number of anilines is 2. The second-order valence-corrected chi connectivity index (χ2v) is 4.52. The second kappa shape index (κ2) is 4.83. The summed E-state index contributed by atoms with van der Waals surface area (Å²) >= 11 is 0. The molecule has 1 aliphatic heterocycles. The van der Waals surface area contributed by atoms with Gasteiger partial charge in [-0.05, 0) is 0 Å². The summed E-state index contributed by atoms with van der Waals surface area (Å²) in [5.74, 6) is 5.64. The molecular weight excluding hydrogens is 266 g/mol. The summed E-state index contributed by atoms with van der Waals surface area (Å²) in [5, 5.41) is 18.9. The number of rotatable bonds is 3. The number of ether oxygens (including phenoxy) is 1. The zero-order valence-corrected chi connectivity index (χ0v) is 10.5. The minimum Gasteiger partial charge on any atom is -0.394 e. The van der Waals surface area contributed by atoms with Gasteiger partial charge in [0.15, 0.2) is 11.5 Å². The summed E-state index contributed by atoms with van der Waals surface area (Å²) in [5.41, 5.74) is 8.97. The van der Waals surface area contributed by atoms with Crippen molar-refractivity contribution in [3.8, 4) is 0 Å². The standard InChI is InChI=1S/C10H15N7O3/c11-8-7-9(15-10(14-8)16-12)17(3-13-7)6-1-4(19)5(2-18)20-6/h3-6,18-19H,1-2,12H2,(H3,11,14,15,16)/t4-,5+,6+/m0/s1. The van der Waals surface area contributed by atoms with Crippen LogP contribution in [0.15, 0.2) is 6.33 Å². The van der Waals surface area contributed by atoms with Crippen molar-refractivity contribution >= 4 is 22.9 Å². The maximum atomic E-state index is 9.78. The largest absolute Gasteiger partial charge is 0.394 e. The maximum Gasteiger partial charge on any atom is 0.241 e. The molecule has 0 unspecified atom stereocenters. The first-order chi connectivity index (χ1) is 9.63. The third-order valence-electron chi connectivity index (χ3n) is 3.27. The van der Waals surface area contributed by atoms with E-state index >= 15 is 0 Å². The molecule has 3 rings (SSSR count). The number of nitrogens with one attached hydrogen (secondary N) is 1. The van der Waals surface area contributed by atoms with Crippen LogP contribution in [0.4, 0.5) is 11.8 Å². The molecule has 0 amide bonds. The summed E-state index contributed by atoms with van der Waals surface area (Å²) in [6.45, 7) is -0.253. The van der Waals surface area contributed by atoms with E-state index in [1.54, 1.807) is 4.57 Å². The molecule has 1 aliphatic rings. The van der Waals surface area contributed by atoms with Crippen LogP contribution in [0.1, 0.15) is 12.6 Å². The van der Waals surface area contributed by atoms with Crippen LogP contribution >= 0.6 is 0 Å². The smallest absolute Gasteiger partial charge is 0.241 e. The van der Waals surface area contributed by atoms with Crippen LogP contribution in [0.25, 0.3) is 11.2 Å². The molecule has 0 saturated carbocycles. The molecule has 10 nitrogen and oxygen atoms in total. The molecular formula is C10H15N7O3. The van der Waals surface area contributed by atoms with Crippen molar-refractivity contribution in [2.75, 3.05) is 17.8 Å². The summed E-state index contributed by atoms with van der Waals surface area (Å²) in [6.07, 6.45) is -0.0105. The van der Waals surface area contributed by atoms with Gasteiger partial charge >= 0.3 is 0 Å². The number of nitrogen functional groups attached to an aromatic ring is 2. The number of hydrazine groups is 1. The molecule has 3 heterocycles. The Bertz CT molecular complexity index is 631. The van der Waals surface area contributed by atoms with Crippen molar-refractivity contribution < 1.29 is 14.9 Å². The number of nitrogens with two attached hydrogens (primary N) is 2. The number of fused-ring (bicyclic) bond motifs is 1. The van der Waals surface area contributed by atoms with Gasteiger partial charge in [0.25, 0.3) is 0 Å². The van der Waals surface area contributed by atoms with Gasteiger partial charge in [-0.25, -0.2) is 10.8 Å². The molecule has 0 spiro atoms. The Hall–Kier alpha value is -2.01. The Morgan fingerprint density at radius 1 is 1.50 bits per heavy atom. The van der Waals surface area contributed by atoms with E-state index < -0.39 is 18.4 Å². The molecule has 1 fully saturated rings. The van der Waals surface area contributed by atoms with E-state index in [2.05, 4.69) is 20.4 Å². The van der Waals surface area contributed by atoms with Crippen molar-refractivity contribution in [1.82, 2.24) is 19.5 Å². The van der Waals surface area contributed by atoms with Gasteiger partial charge < -0.3 is 20.7 Å². The number of imidazole rings is 1. The molecule has 0 radical (unpaired) electrons. The van der Waals surface area contributed by atoms with Crippen molar-refractivity contribution in [3.63, 3.8) is 0 Å². The van der Waals surface area contributed by atoms with Crippen LogP contribution in [0.2, 0.25) is 0 Å².